The highest BCUT2D eigenvalue weighted by atomic mass is 35.5. The van der Waals surface area contributed by atoms with Gasteiger partial charge in [-0.2, -0.15) is 0 Å². The van der Waals surface area contributed by atoms with Gasteiger partial charge in [0.25, 0.3) is 0 Å². The lowest BCUT2D eigenvalue weighted by Gasteiger charge is -2.07. The predicted molar refractivity (Wildman–Crippen MR) is 74.7 cm³/mol. The summed E-state index contributed by atoms with van der Waals surface area (Å²) in [7, 11) is 1.69. The molecule has 0 amide bonds. The number of methoxy groups -OCH3 is 1. The highest BCUT2D eigenvalue weighted by Gasteiger charge is 1.96. The first-order valence-electron chi connectivity index (χ1n) is 6.17. The van der Waals surface area contributed by atoms with Crippen molar-refractivity contribution in [2.75, 3.05) is 7.11 Å². The Kier molecular flexibility index (Phi) is 6.40. The van der Waals surface area contributed by atoms with E-state index in [2.05, 4.69) is 48.6 Å². The van der Waals surface area contributed by atoms with E-state index >= 15 is 0 Å². The summed E-state index contributed by atoms with van der Waals surface area (Å²) in [5, 5.41) is 3.43. The van der Waals surface area contributed by atoms with Crippen molar-refractivity contribution >= 4 is 0 Å². The van der Waals surface area contributed by atoms with Crippen LogP contribution in [0.1, 0.15) is 16.7 Å². The first-order valence-corrected chi connectivity index (χ1v) is 6.17. The minimum atomic E-state index is 0. The molecule has 1 N–H and O–H groups in total. The minimum Gasteiger partial charge on any atom is -1.00 e. The number of hydrogen-bond acceptors (Lipinski definition) is 2. The van der Waals surface area contributed by atoms with Crippen molar-refractivity contribution in [3.63, 3.8) is 0 Å². The lowest BCUT2D eigenvalue weighted by molar-refractivity contribution is -0.00000411. The first-order chi connectivity index (χ1) is 8.78. The molecule has 0 aliphatic heterocycles. The fourth-order valence-electron chi connectivity index (χ4n) is 1.84. The summed E-state index contributed by atoms with van der Waals surface area (Å²) in [6, 6.07) is 16.7. The zero-order chi connectivity index (χ0) is 12.8. The van der Waals surface area contributed by atoms with Crippen molar-refractivity contribution < 1.29 is 17.1 Å². The standard InChI is InChI=1S/C16H19NO.ClH/c1-13-6-8-14(9-7-13)11-17-12-15-4-3-5-16(10-15)18-2;/h3-10,17H,11-12H2,1-2H3;1H/p-1. The Morgan fingerprint density at radius 3 is 2.32 bits per heavy atom. The van der Waals surface area contributed by atoms with Gasteiger partial charge in [-0.05, 0) is 30.2 Å². The maximum Gasteiger partial charge on any atom is 0.119 e. The van der Waals surface area contributed by atoms with Crippen LogP contribution in [0, 0.1) is 6.92 Å². The van der Waals surface area contributed by atoms with E-state index in [9.17, 15) is 0 Å². The van der Waals surface area contributed by atoms with Crippen LogP contribution in [0.15, 0.2) is 48.5 Å². The number of halogens is 1. The summed E-state index contributed by atoms with van der Waals surface area (Å²) in [5.74, 6) is 0.907. The van der Waals surface area contributed by atoms with Gasteiger partial charge in [0.05, 0.1) is 7.11 Å². The molecule has 19 heavy (non-hydrogen) atoms. The van der Waals surface area contributed by atoms with E-state index in [-0.39, 0.29) is 12.4 Å². The Morgan fingerprint density at radius 2 is 1.63 bits per heavy atom. The summed E-state index contributed by atoms with van der Waals surface area (Å²) in [4.78, 5) is 0. The summed E-state index contributed by atoms with van der Waals surface area (Å²) in [6.07, 6.45) is 0. The van der Waals surface area contributed by atoms with Crippen LogP contribution < -0.4 is 22.5 Å². The van der Waals surface area contributed by atoms with Crippen molar-refractivity contribution in [2.45, 2.75) is 20.0 Å². The van der Waals surface area contributed by atoms with E-state index in [0.717, 1.165) is 18.8 Å². The Labute approximate surface area is 121 Å². The van der Waals surface area contributed by atoms with Gasteiger partial charge in [0.1, 0.15) is 5.75 Å². The fraction of sp³-hybridized carbons (Fsp3) is 0.250. The van der Waals surface area contributed by atoms with Crippen LogP contribution in [0.3, 0.4) is 0 Å². The average Bonchev–Trinajstić information content (AvgIpc) is 2.41. The van der Waals surface area contributed by atoms with E-state index in [1.165, 1.54) is 16.7 Å². The molecule has 0 bridgehead atoms. The van der Waals surface area contributed by atoms with Gasteiger partial charge in [0.15, 0.2) is 0 Å². The van der Waals surface area contributed by atoms with Crippen molar-refractivity contribution in [3.8, 4) is 5.75 Å². The molecule has 0 saturated carbocycles. The number of hydrogen-bond donors (Lipinski definition) is 1. The van der Waals surface area contributed by atoms with Crippen molar-refractivity contribution in [1.29, 1.82) is 0 Å². The highest BCUT2D eigenvalue weighted by Crippen LogP contribution is 2.12. The maximum atomic E-state index is 5.20. The third-order valence-corrected chi connectivity index (χ3v) is 2.91. The van der Waals surface area contributed by atoms with E-state index < -0.39 is 0 Å². The van der Waals surface area contributed by atoms with Gasteiger partial charge in [-0.1, -0.05) is 42.0 Å². The minimum absolute atomic E-state index is 0. The van der Waals surface area contributed by atoms with Crippen molar-refractivity contribution in [3.05, 3.63) is 65.2 Å². The second kappa shape index (κ2) is 7.82. The normalized spacial score (nSPS) is 9.79. The van der Waals surface area contributed by atoms with Gasteiger partial charge in [0.2, 0.25) is 0 Å². The highest BCUT2D eigenvalue weighted by molar-refractivity contribution is 5.28. The van der Waals surface area contributed by atoms with E-state index in [4.69, 9.17) is 4.74 Å². The summed E-state index contributed by atoms with van der Waals surface area (Å²) in [6.45, 7) is 3.84. The molecule has 0 unspecified atom stereocenters. The molecular weight excluding hydrogens is 258 g/mol. The van der Waals surface area contributed by atoms with Gasteiger partial charge in [-0.3, -0.25) is 0 Å². The molecule has 0 aliphatic rings. The molecule has 0 aromatic heterocycles. The molecule has 0 atom stereocenters. The Balaban J connectivity index is 0.00000180. The molecule has 0 aliphatic carbocycles. The lowest BCUT2D eigenvalue weighted by Crippen LogP contribution is -3.00. The van der Waals surface area contributed by atoms with Crippen LogP contribution in [0.2, 0.25) is 0 Å². The third-order valence-electron chi connectivity index (χ3n) is 2.91. The van der Waals surface area contributed by atoms with E-state index in [0.29, 0.717) is 0 Å². The second-order valence-electron chi connectivity index (χ2n) is 4.44. The topological polar surface area (TPSA) is 21.3 Å². The van der Waals surface area contributed by atoms with Gasteiger partial charge in [-0.25, -0.2) is 0 Å². The molecule has 0 heterocycles. The van der Waals surface area contributed by atoms with Crippen LogP contribution in [-0.4, -0.2) is 7.11 Å². The lowest BCUT2D eigenvalue weighted by atomic mass is 10.1. The molecule has 2 aromatic carbocycles. The SMILES string of the molecule is COc1cccc(CNCc2ccc(C)cc2)c1.[Cl-]. The largest absolute Gasteiger partial charge is 1.00 e. The average molecular weight is 277 g/mol. The zero-order valence-corrected chi connectivity index (χ0v) is 12.1. The van der Waals surface area contributed by atoms with Gasteiger partial charge < -0.3 is 22.5 Å². The van der Waals surface area contributed by atoms with Crippen LogP contribution >= 0.6 is 0 Å². The monoisotopic (exact) mass is 276 g/mol. The van der Waals surface area contributed by atoms with Crippen molar-refractivity contribution in [1.82, 2.24) is 5.32 Å². The Morgan fingerprint density at radius 1 is 0.947 bits per heavy atom. The Bertz CT molecular complexity index is 496. The molecule has 0 fully saturated rings. The predicted octanol–water partition coefficient (Wildman–Crippen LogP) is 0.297. The van der Waals surface area contributed by atoms with Gasteiger partial charge in [0, 0.05) is 13.1 Å². The molecule has 0 spiro atoms. The quantitative estimate of drug-likeness (QED) is 0.848. The third kappa shape index (κ3) is 4.93. The molecule has 2 rings (SSSR count). The number of benzene rings is 2. The fourth-order valence-corrected chi connectivity index (χ4v) is 1.84. The van der Waals surface area contributed by atoms with Crippen LogP contribution in [-0.2, 0) is 13.1 Å². The van der Waals surface area contributed by atoms with Gasteiger partial charge in [-0.15, -0.1) is 0 Å². The molecular formula is C16H19ClNO-. The van der Waals surface area contributed by atoms with E-state index in [1.54, 1.807) is 7.11 Å². The molecule has 3 heteroatoms. The number of nitrogens with one attached hydrogen (secondary N) is 1. The van der Waals surface area contributed by atoms with Crippen LogP contribution in [0.5, 0.6) is 5.75 Å². The summed E-state index contributed by atoms with van der Waals surface area (Å²) >= 11 is 0. The smallest absolute Gasteiger partial charge is 0.119 e. The molecule has 0 radical (unpaired) electrons. The van der Waals surface area contributed by atoms with Crippen LogP contribution in [0.25, 0.3) is 0 Å². The number of rotatable bonds is 5. The molecule has 2 aromatic rings. The molecule has 0 saturated heterocycles. The first kappa shape index (κ1) is 15.5. The molecule has 102 valence electrons. The van der Waals surface area contributed by atoms with Gasteiger partial charge >= 0.3 is 0 Å². The molecule has 2 nitrogen and oxygen atoms in total. The maximum absolute atomic E-state index is 5.20. The second-order valence-corrected chi connectivity index (χ2v) is 4.44. The van der Waals surface area contributed by atoms with Crippen molar-refractivity contribution in [2.24, 2.45) is 0 Å². The zero-order valence-electron chi connectivity index (χ0n) is 11.3. The number of ether oxygens (including phenoxy) is 1. The van der Waals surface area contributed by atoms with E-state index in [1.807, 2.05) is 12.1 Å². The summed E-state index contributed by atoms with van der Waals surface area (Å²) < 4.78 is 5.20. The summed E-state index contributed by atoms with van der Waals surface area (Å²) in [5.41, 5.74) is 3.84. The Hall–Kier alpha value is -1.51. The number of aryl methyl sites for hydroxylation is 1. The van der Waals surface area contributed by atoms with Crippen LogP contribution in [0.4, 0.5) is 0 Å².